The predicted octanol–water partition coefficient (Wildman–Crippen LogP) is 4.23. The van der Waals surface area contributed by atoms with Crippen molar-refractivity contribution in [2.45, 2.75) is 33.4 Å². The number of ether oxygens (including phenoxy) is 1. The number of nitrogens with one attached hydrogen (secondary N) is 1. The molecule has 112 valence electrons. The van der Waals surface area contributed by atoms with E-state index in [0.717, 1.165) is 46.6 Å². The third-order valence-electron chi connectivity index (χ3n) is 3.26. The van der Waals surface area contributed by atoms with Crippen molar-refractivity contribution in [2.75, 3.05) is 6.54 Å². The van der Waals surface area contributed by atoms with Gasteiger partial charge in [-0.05, 0) is 53.5 Å². The predicted molar refractivity (Wildman–Crippen MR) is 89.4 cm³/mol. The average Bonchev–Trinajstić information content (AvgIpc) is 2.48. The maximum Gasteiger partial charge on any atom is 0.138 e. The van der Waals surface area contributed by atoms with Crippen LogP contribution in [0.1, 0.15) is 30.2 Å². The molecule has 0 aliphatic rings. The summed E-state index contributed by atoms with van der Waals surface area (Å²) >= 11 is 3.58. The Morgan fingerprint density at radius 2 is 2.10 bits per heavy atom. The third kappa shape index (κ3) is 4.55. The monoisotopic (exact) mass is 348 g/mol. The molecule has 0 fully saturated rings. The number of rotatable bonds is 7. The van der Waals surface area contributed by atoms with Gasteiger partial charge in [-0.2, -0.15) is 0 Å². The fourth-order valence-electron chi connectivity index (χ4n) is 2.06. The minimum atomic E-state index is 0.482. The van der Waals surface area contributed by atoms with E-state index in [9.17, 15) is 0 Å². The van der Waals surface area contributed by atoms with E-state index in [2.05, 4.69) is 52.2 Å². The van der Waals surface area contributed by atoms with E-state index in [1.54, 1.807) is 6.20 Å². The first-order valence-corrected chi connectivity index (χ1v) is 8.03. The Balaban J connectivity index is 2.09. The standard InChI is InChI=1S/C17H21BrN2O/c1-3-9-19-11-14-7-4-8-15(18)17(14)21-12-16-13(2)6-5-10-20-16/h4-8,10,19H,3,9,11-12H2,1-2H3. The van der Waals surface area contributed by atoms with E-state index in [-0.39, 0.29) is 0 Å². The highest BCUT2D eigenvalue weighted by Gasteiger charge is 2.09. The van der Waals surface area contributed by atoms with Gasteiger partial charge in [0.1, 0.15) is 12.4 Å². The van der Waals surface area contributed by atoms with Gasteiger partial charge in [-0.1, -0.05) is 25.1 Å². The Morgan fingerprint density at radius 1 is 1.24 bits per heavy atom. The summed E-state index contributed by atoms with van der Waals surface area (Å²) in [6.07, 6.45) is 2.92. The van der Waals surface area contributed by atoms with Crippen LogP contribution in [0, 0.1) is 6.92 Å². The second-order valence-corrected chi connectivity index (χ2v) is 5.81. The van der Waals surface area contributed by atoms with Crippen molar-refractivity contribution in [3.8, 4) is 5.75 Å². The van der Waals surface area contributed by atoms with Gasteiger partial charge >= 0.3 is 0 Å². The van der Waals surface area contributed by atoms with Gasteiger partial charge in [0.25, 0.3) is 0 Å². The van der Waals surface area contributed by atoms with Gasteiger partial charge in [-0.15, -0.1) is 0 Å². The van der Waals surface area contributed by atoms with E-state index in [0.29, 0.717) is 6.61 Å². The first kappa shape index (κ1) is 16.0. The zero-order chi connectivity index (χ0) is 15.1. The summed E-state index contributed by atoms with van der Waals surface area (Å²) in [5.74, 6) is 0.895. The number of aromatic nitrogens is 1. The molecule has 3 nitrogen and oxygen atoms in total. The second kappa shape index (κ2) is 8.15. The van der Waals surface area contributed by atoms with E-state index in [4.69, 9.17) is 4.74 Å². The van der Waals surface area contributed by atoms with Gasteiger partial charge in [-0.25, -0.2) is 0 Å². The fraction of sp³-hybridized carbons (Fsp3) is 0.353. The molecule has 0 aliphatic heterocycles. The van der Waals surface area contributed by atoms with Crippen molar-refractivity contribution in [2.24, 2.45) is 0 Å². The third-order valence-corrected chi connectivity index (χ3v) is 3.89. The molecule has 21 heavy (non-hydrogen) atoms. The molecule has 0 spiro atoms. The Hall–Kier alpha value is -1.39. The summed E-state index contributed by atoms with van der Waals surface area (Å²) in [5, 5.41) is 3.41. The maximum absolute atomic E-state index is 6.02. The van der Waals surface area contributed by atoms with Crippen LogP contribution in [0.15, 0.2) is 41.0 Å². The quantitative estimate of drug-likeness (QED) is 0.760. The topological polar surface area (TPSA) is 34.1 Å². The molecule has 0 amide bonds. The molecule has 1 heterocycles. The average molecular weight is 349 g/mol. The van der Waals surface area contributed by atoms with E-state index < -0.39 is 0 Å². The van der Waals surface area contributed by atoms with E-state index in [1.165, 1.54) is 0 Å². The SMILES string of the molecule is CCCNCc1cccc(Br)c1OCc1ncccc1C. The van der Waals surface area contributed by atoms with Crippen LogP contribution in [0.25, 0.3) is 0 Å². The number of hydrogen-bond donors (Lipinski definition) is 1. The fourth-order valence-corrected chi connectivity index (χ4v) is 2.59. The smallest absolute Gasteiger partial charge is 0.138 e. The number of para-hydroxylation sites is 1. The van der Waals surface area contributed by atoms with Gasteiger partial charge in [0, 0.05) is 18.3 Å². The van der Waals surface area contributed by atoms with Crippen LogP contribution in [-0.4, -0.2) is 11.5 Å². The second-order valence-electron chi connectivity index (χ2n) is 4.96. The highest BCUT2D eigenvalue weighted by molar-refractivity contribution is 9.10. The molecule has 1 aromatic heterocycles. The minimum Gasteiger partial charge on any atom is -0.486 e. The minimum absolute atomic E-state index is 0.482. The molecule has 1 N–H and O–H groups in total. The first-order valence-electron chi connectivity index (χ1n) is 7.23. The number of benzene rings is 1. The van der Waals surface area contributed by atoms with Crippen LogP contribution in [0.5, 0.6) is 5.75 Å². The van der Waals surface area contributed by atoms with Crippen molar-refractivity contribution in [3.05, 3.63) is 57.8 Å². The van der Waals surface area contributed by atoms with Gasteiger partial charge < -0.3 is 10.1 Å². The van der Waals surface area contributed by atoms with Crippen LogP contribution in [0.4, 0.5) is 0 Å². The van der Waals surface area contributed by atoms with Crippen LogP contribution >= 0.6 is 15.9 Å². The molecular weight excluding hydrogens is 328 g/mol. The van der Waals surface area contributed by atoms with E-state index >= 15 is 0 Å². The summed E-state index contributed by atoms with van der Waals surface area (Å²) in [5.41, 5.74) is 3.28. The van der Waals surface area contributed by atoms with E-state index in [1.807, 2.05) is 18.2 Å². The summed E-state index contributed by atoms with van der Waals surface area (Å²) in [6.45, 7) is 6.51. The zero-order valence-electron chi connectivity index (χ0n) is 12.5. The van der Waals surface area contributed by atoms with Crippen LogP contribution in [-0.2, 0) is 13.2 Å². The van der Waals surface area contributed by atoms with Crippen molar-refractivity contribution < 1.29 is 4.74 Å². The lowest BCUT2D eigenvalue weighted by atomic mass is 10.2. The van der Waals surface area contributed by atoms with Gasteiger partial charge in [-0.3, -0.25) is 4.98 Å². The Kier molecular flexibility index (Phi) is 6.21. The number of nitrogens with zero attached hydrogens (tertiary/aromatic N) is 1. The Morgan fingerprint density at radius 3 is 2.86 bits per heavy atom. The highest BCUT2D eigenvalue weighted by Crippen LogP contribution is 2.30. The number of hydrogen-bond acceptors (Lipinski definition) is 3. The summed E-state index contributed by atoms with van der Waals surface area (Å²) < 4.78 is 6.99. The van der Waals surface area contributed by atoms with Gasteiger partial charge in [0.05, 0.1) is 10.2 Å². The number of pyridine rings is 1. The van der Waals surface area contributed by atoms with Crippen molar-refractivity contribution in [1.82, 2.24) is 10.3 Å². The van der Waals surface area contributed by atoms with Crippen molar-refractivity contribution >= 4 is 15.9 Å². The molecular formula is C17H21BrN2O. The lowest BCUT2D eigenvalue weighted by Crippen LogP contribution is -2.15. The number of aryl methyl sites for hydroxylation is 1. The highest BCUT2D eigenvalue weighted by atomic mass is 79.9. The zero-order valence-corrected chi connectivity index (χ0v) is 14.1. The van der Waals surface area contributed by atoms with Crippen LogP contribution < -0.4 is 10.1 Å². The number of halogens is 1. The van der Waals surface area contributed by atoms with Gasteiger partial charge in [0.15, 0.2) is 0 Å². The molecule has 2 rings (SSSR count). The molecule has 0 bridgehead atoms. The Bertz CT molecular complexity index is 587. The van der Waals surface area contributed by atoms with Crippen molar-refractivity contribution in [1.29, 1.82) is 0 Å². The summed E-state index contributed by atoms with van der Waals surface area (Å²) in [4.78, 5) is 4.37. The van der Waals surface area contributed by atoms with Gasteiger partial charge in [0.2, 0.25) is 0 Å². The molecule has 0 saturated heterocycles. The molecule has 4 heteroatoms. The molecule has 2 aromatic rings. The Labute approximate surface area is 134 Å². The van der Waals surface area contributed by atoms with Crippen LogP contribution in [0.3, 0.4) is 0 Å². The largest absolute Gasteiger partial charge is 0.486 e. The van der Waals surface area contributed by atoms with Crippen molar-refractivity contribution in [3.63, 3.8) is 0 Å². The lowest BCUT2D eigenvalue weighted by molar-refractivity contribution is 0.294. The molecule has 0 aliphatic carbocycles. The molecule has 0 unspecified atom stereocenters. The summed E-state index contributed by atoms with van der Waals surface area (Å²) in [6, 6.07) is 10.1. The molecule has 0 saturated carbocycles. The molecule has 0 radical (unpaired) electrons. The molecule has 0 atom stereocenters. The molecule has 1 aromatic carbocycles. The van der Waals surface area contributed by atoms with Crippen LogP contribution in [0.2, 0.25) is 0 Å². The lowest BCUT2D eigenvalue weighted by Gasteiger charge is -2.14. The first-order chi connectivity index (χ1) is 10.2. The maximum atomic E-state index is 6.02. The normalized spacial score (nSPS) is 10.6. The summed E-state index contributed by atoms with van der Waals surface area (Å²) in [7, 11) is 0.